The van der Waals surface area contributed by atoms with E-state index in [2.05, 4.69) is 41.7 Å². The molecule has 2 aliphatic rings. The van der Waals surface area contributed by atoms with Gasteiger partial charge < -0.3 is 14.6 Å². The van der Waals surface area contributed by atoms with Gasteiger partial charge in [-0.3, -0.25) is 0 Å². The maximum atomic E-state index is 6.44. The Morgan fingerprint density at radius 2 is 2.19 bits per heavy atom. The highest BCUT2D eigenvalue weighted by Gasteiger charge is 2.46. The zero-order valence-electron chi connectivity index (χ0n) is 14.8. The molecule has 1 N–H and O–H groups in total. The average molecular weight is 389 g/mol. The first-order valence-corrected chi connectivity index (χ1v) is 10.3. The van der Waals surface area contributed by atoms with E-state index in [0.29, 0.717) is 6.04 Å². The standard InChI is InChI=1S/C20H21ClN2O2S/c1-11-9-20(19-14(5-6-24-20)8-18(21)26-19)10-16(22-11)13-3-4-15-12(2)23-25-17(15)7-13/h3-4,7-8,11,16,22H,5-6,9-10H2,1-2H3/t11-,16-,20-/m0/s1. The molecule has 0 aliphatic carbocycles. The third-order valence-electron chi connectivity index (χ3n) is 5.68. The van der Waals surface area contributed by atoms with E-state index in [4.69, 9.17) is 20.9 Å². The lowest BCUT2D eigenvalue weighted by atomic mass is 9.78. The van der Waals surface area contributed by atoms with Gasteiger partial charge in [-0.15, -0.1) is 11.3 Å². The Bertz CT molecular complexity index is 982. The summed E-state index contributed by atoms with van der Waals surface area (Å²) in [4.78, 5) is 1.32. The van der Waals surface area contributed by atoms with Crippen molar-refractivity contribution in [3.63, 3.8) is 0 Å². The maximum absolute atomic E-state index is 6.44. The lowest BCUT2D eigenvalue weighted by Gasteiger charge is -2.46. The van der Waals surface area contributed by atoms with Crippen LogP contribution in [0.4, 0.5) is 0 Å². The van der Waals surface area contributed by atoms with Crippen LogP contribution in [0, 0.1) is 6.92 Å². The molecule has 1 aromatic carbocycles. The molecule has 0 unspecified atom stereocenters. The summed E-state index contributed by atoms with van der Waals surface area (Å²) in [5, 5.41) is 8.90. The number of halogens is 1. The molecule has 1 saturated heterocycles. The van der Waals surface area contributed by atoms with Gasteiger partial charge >= 0.3 is 0 Å². The molecule has 0 bridgehead atoms. The van der Waals surface area contributed by atoms with Gasteiger partial charge in [0.2, 0.25) is 0 Å². The molecule has 4 nitrogen and oxygen atoms in total. The van der Waals surface area contributed by atoms with E-state index in [1.807, 2.05) is 6.92 Å². The molecule has 4 heterocycles. The predicted octanol–water partition coefficient (Wildman–Crippen LogP) is 5.13. The molecule has 2 aromatic heterocycles. The van der Waals surface area contributed by atoms with Gasteiger partial charge in [0.15, 0.2) is 5.58 Å². The molecule has 2 aliphatic heterocycles. The molecular formula is C20H21ClN2O2S. The molecule has 0 amide bonds. The Morgan fingerprint density at radius 1 is 1.31 bits per heavy atom. The Labute approximate surface area is 161 Å². The first-order chi connectivity index (χ1) is 12.5. The van der Waals surface area contributed by atoms with Crippen molar-refractivity contribution in [2.45, 2.75) is 50.8 Å². The quantitative estimate of drug-likeness (QED) is 0.627. The number of thiophene rings is 1. The molecule has 1 spiro atoms. The number of benzene rings is 1. The monoisotopic (exact) mass is 388 g/mol. The summed E-state index contributed by atoms with van der Waals surface area (Å²) < 4.78 is 12.8. The summed E-state index contributed by atoms with van der Waals surface area (Å²) in [6, 6.07) is 9.09. The molecule has 5 rings (SSSR count). The summed E-state index contributed by atoms with van der Waals surface area (Å²) in [7, 11) is 0. The van der Waals surface area contributed by atoms with Crippen molar-refractivity contribution >= 4 is 33.9 Å². The van der Waals surface area contributed by atoms with Crippen LogP contribution in [0.2, 0.25) is 4.34 Å². The highest BCUT2D eigenvalue weighted by atomic mass is 35.5. The molecular weight excluding hydrogens is 368 g/mol. The van der Waals surface area contributed by atoms with Crippen molar-refractivity contribution in [3.05, 3.63) is 50.3 Å². The Morgan fingerprint density at radius 3 is 3.08 bits per heavy atom. The molecule has 1 fully saturated rings. The van der Waals surface area contributed by atoms with Gasteiger partial charge in [-0.2, -0.15) is 0 Å². The van der Waals surface area contributed by atoms with Crippen molar-refractivity contribution in [2.75, 3.05) is 6.61 Å². The third kappa shape index (κ3) is 2.61. The second-order valence-electron chi connectivity index (χ2n) is 7.55. The second kappa shape index (κ2) is 6.06. The third-order valence-corrected chi connectivity index (χ3v) is 7.17. The van der Waals surface area contributed by atoms with Gasteiger partial charge in [0.1, 0.15) is 5.60 Å². The van der Waals surface area contributed by atoms with Gasteiger partial charge in [0, 0.05) is 28.8 Å². The SMILES string of the molecule is Cc1noc2cc([C@@H]3C[C@]4(C[C@H](C)N3)OCCc3cc(Cl)sc34)ccc12. The minimum absolute atomic E-state index is 0.209. The zero-order valence-corrected chi connectivity index (χ0v) is 16.4. The van der Waals surface area contributed by atoms with E-state index in [9.17, 15) is 0 Å². The number of hydrogen-bond donors (Lipinski definition) is 1. The number of aryl methyl sites for hydroxylation is 1. The summed E-state index contributed by atoms with van der Waals surface area (Å²) >= 11 is 8.02. The number of hydrogen-bond acceptors (Lipinski definition) is 5. The van der Waals surface area contributed by atoms with E-state index in [0.717, 1.165) is 46.9 Å². The predicted molar refractivity (Wildman–Crippen MR) is 104 cm³/mol. The number of piperidine rings is 1. The molecule has 3 atom stereocenters. The van der Waals surface area contributed by atoms with Crippen molar-refractivity contribution in [1.29, 1.82) is 0 Å². The summed E-state index contributed by atoms with van der Waals surface area (Å²) in [5.74, 6) is 0. The highest BCUT2D eigenvalue weighted by molar-refractivity contribution is 7.16. The number of fused-ring (bicyclic) bond motifs is 3. The number of nitrogens with one attached hydrogen (secondary N) is 1. The summed E-state index contributed by atoms with van der Waals surface area (Å²) in [6.45, 7) is 4.97. The van der Waals surface area contributed by atoms with Gasteiger partial charge in [-0.05, 0) is 56.0 Å². The number of aromatic nitrogens is 1. The van der Waals surface area contributed by atoms with Gasteiger partial charge in [0.25, 0.3) is 0 Å². The second-order valence-corrected chi connectivity index (χ2v) is 9.23. The first kappa shape index (κ1) is 16.8. The van der Waals surface area contributed by atoms with Crippen LogP contribution >= 0.6 is 22.9 Å². The van der Waals surface area contributed by atoms with E-state index in [-0.39, 0.29) is 11.6 Å². The fourth-order valence-electron chi connectivity index (χ4n) is 4.57. The van der Waals surface area contributed by atoms with Crippen molar-refractivity contribution in [2.24, 2.45) is 0 Å². The van der Waals surface area contributed by atoms with Crippen molar-refractivity contribution in [3.8, 4) is 0 Å². The fraction of sp³-hybridized carbons (Fsp3) is 0.450. The summed E-state index contributed by atoms with van der Waals surface area (Å²) in [5.41, 5.74) is 4.12. The lowest BCUT2D eigenvalue weighted by Crippen LogP contribution is -2.49. The van der Waals surface area contributed by atoms with Crippen LogP contribution in [-0.2, 0) is 16.8 Å². The van der Waals surface area contributed by atoms with Crippen LogP contribution < -0.4 is 5.32 Å². The normalized spacial score (nSPS) is 28.6. The highest BCUT2D eigenvalue weighted by Crippen LogP contribution is 2.50. The molecule has 6 heteroatoms. The van der Waals surface area contributed by atoms with Crippen LogP contribution in [-0.4, -0.2) is 17.8 Å². The van der Waals surface area contributed by atoms with Crippen LogP contribution in [0.5, 0.6) is 0 Å². The maximum Gasteiger partial charge on any atom is 0.167 e. The summed E-state index contributed by atoms with van der Waals surface area (Å²) in [6.07, 6.45) is 2.83. The van der Waals surface area contributed by atoms with Crippen molar-refractivity contribution < 1.29 is 9.26 Å². The zero-order chi connectivity index (χ0) is 17.9. The largest absolute Gasteiger partial charge is 0.369 e. The van der Waals surface area contributed by atoms with Gasteiger partial charge in [-0.1, -0.05) is 22.8 Å². The van der Waals surface area contributed by atoms with Gasteiger partial charge in [-0.25, -0.2) is 0 Å². The van der Waals surface area contributed by atoms with E-state index in [1.165, 1.54) is 16.0 Å². The van der Waals surface area contributed by atoms with Crippen LogP contribution in [0.1, 0.15) is 47.5 Å². The Balaban J connectivity index is 1.54. The van der Waals surface area contributed by atoms with E-state index >= 15 is 0 Å². The van der Waals surface area contributed by atoms with E-state index < -0.39 is 0 Å². The molecule has 0 saturated carbocycles. The average Bonchev–Trinajstić information content (AvgIpc) is 3.18. The minimum atomic E-state index is -0.243. The van der Waals surface area contributed by atoms with E-state index in [1.54, 1.807) is 11.3 Å². The van der Waals surface area contributed by atoms with Crippen LogP contribution in [0.3, 0.4) is 0 Å². The first-order valence-electron chi connectivity index (χ1n) is 9.09. The Kier molecular flexibility index (Phi) is 3.90. The van der Waals surface area contributed by atoms with Gasteiger partial charge in [0.05, 0.1) is 16.6 Å². The van der Waals surface area contributed by atoms with Crippen LogP contribution in [0.25, 0.3) is 11.0 Å². The molecule has 0 radical (unpaired) electrons. The molecule has 26 heavy (non-hydrogen) atoms. The fourth-order valence-corrected chi connectivity index (χ4v) is 6.03. The topological polar surface area (TPSA) is 47.3 Å². The van der Waals surface area contributed by atoms with Crippen LogP contribution in [0.15, 0.2) is 28.8 Å². The molecule has 136 valence electrons. The smallest absolute Gasteiger partial charge is 0.167 e. The number of ether oxygens (including phenoxy) is 1. The Hall–Kier alpha value is -1.40. The van der Waals surface area contributed by atoms with Crippen molar-refractivity contribution in [1.82, 2.24) is 10.5 Å². The number of nitrogens with zero attached hydrogens (tertiary/aromatic N) is 1. The number of rotatable bonds is 1. The minimum Gasteiger partial charge on any atom is -0.369 e. The molecule has 3 aromatic rings. The lowest BCUT2D eigenvalue weighted by molar-refractivity contribution is -0.0954.